The zero-order valence-electron chi connectivity index (χ0n) is 20.8. The Kier molecular flexibility index (Phi) is 12.4. The van der Waals surface area contributed by atoms with E-state index in [4.69, 9.17) is 10.8 Å². The Labute approximate surface area is 229 Å². The molecule has 0 radical (unpaired) electrons. The Morgan fingerprint density at radius 2 is 1.61 bits per heavy atom. The minimum atomic E-state index is -1.27. The lowest BCUT2D eigenvalue weighted by atomic mass is 10.0. The molecule has 1 aromatic carbocycles. The van der Waals surface area contributed by atoms with Gasteiger partial charge in [0.15, 0.2) is 0 Å². The van der Waals surface area contributed by atoms with E-state index < -0.39 is 53.8 Å². The van der Waals surface area contributed by atoms with Crippen molar-refractivity contribution in [3.8, 4) is 0 Å². The molecule has 4 atom stereocenters. The van der Waals surface area contributed by atoms with Crippen LogP contribution in [0, 0.1) is 0 Å². The van der Waals surface area contributed by atoms with Gasteiger partial charge in [0.05, 0.1) is 6.04 Å². The number of carbonyl (C=O) groups excluding carboxylic acids is 3. The molecule has 38 heavy (non-hydrogen) atoms. The lowest BCUT2D eigenvalue weighted by Crippen LogP contribution is -2.58. The van der Waals surface area contributed by atoms with Gasteiger partial charge in [-0.15, -0.1) is 0 Å². The molecular weight excluding hydrogens is 534 g/mol. The number of aliphatic carboxylic acids is 2. The molecule has 1 heterocycles. The van der Waals surface area contributed by atoms with Gasteiger partial charge >= 0.3 is 11.9 Å². The maximum atomic E-state index is 13.3. The summed E-state index contributed by atoms with van der Waals surface area (Å²) in [5.74, 6) is -4.10. The van der Waals surface area contributed by atoms with Crippen molar-refractivity contribution in [3.05, 3.63) is 36.0 Å². The van der Waals surface area contributed by atoms with Gasteiger partial charge in [-0.3, -0.25) is 19.2 Å². The van der Waals surface area contributed by atoms with Crippen LogP contribution >= 0.6 is 24.4 Å². The van der Waals surface area contributed by atoms with Crippen molar-refractivity contribution < 1.29 is 34.2 Å². The fourth-order valence-electron chi connectivity index (χ4n) is 3.65. The van der Waals surface area contributed by atoms with Crippen LogP contribution in [0.1, 0.15) is 24.8 Å². The number of benzene rings is 1. The first-order valence-electron chi connectivity index (χ1n) is 11.8. The van der Waals surface area contributed by atoms with Gasteiger partial charge in [-0.05, 0) is 36.5 Å². The maximum Gasteiger partial charge on any atom is 0.327 e. The van der Waals surface area contributed by atoms with E-state index in [1.807, 2.05) is 30.5 Å². The number of carboxylic acid groups (broad SMARTS) is 2. The smallest absolute Gasteiger partial charge is 0.327 e. The second kappa shape index (κ2) is 15.2. The number of nitrogens with one attached hydrogen (secondary N) is 4. The summed E-state index contributed by atoms with van der Waals surface area (Å²) in [5, 5.41) is 26.6. The van der Waals surface area contributed by atoms with Crippen LogP contribution in [0.3, 0.4) is 0 Å². The zero-order valence-corrected chi connectivity index (χ0v) is 22.5. The molecule has 0 saturated carbocycles. The number of hydrogen-bond acceptors (Lipinski definition) is 8. The number of aromatic amines is 1. The third-order valence-corrected chi connectivity index (χ3v) is 6.79. The molecule has 8 N–H and O–H groups in total. The first kappa shape index (κ1) is 31.0. The number of thioether (sulfide) groups is 1. The van der Waals surface area contributed by atoms with Gasteiger partial charge in [0, 0.05) is 35.7 Å². The number of rotatable bonds is 16. The van der Waals surface area contributed by atoms with Crippen molar-refractivity contribution in [1.29, 1.82) is 0 Å². The van der Waals surface area contributed by atoms with Crippen LogP contribution in [0.15, 0.2) is 30.5 Å². The van der Waals surface area contributed by atoms with E-state index in [1.165, 1.54) is 11.8 Å². The predicted molar refractivity (Wildman–Crippen MR) is 147 cm³/mol. The van der Waals surface area contributed by atoms with Crippen molar-refractivity contribution in [3.63, 3.8) is 0 Å². The molecule has 208 valence electrons. The highest BCUT2D eigenvalue weighted by Gasteiger charge is 2.30. The largest absolute Gasteiger partial charge is 0.481 e. The normalized spacial score (nSPS) is 14.2. The Hall–Kier alpha value is -3.23. The fraction of sp³-hybridized carbons (Fsp3) is 0.458. The van der Waals surface area contributed by atoms with Gasteiger partial charge in [0.2, 0.25) is 17.7 Å². The number of carboxylic acids is 2. The second-order valence-corrected chi connectivity index (χ2v) is 9.94. The van der Waals surface area contributed by atoms with Crippen LogP contribution in [0.4, 0.5) is 0 Å². The molecule has 0 saturated heterocycles. The number of hydrogen-bond donors (Lipinski definition) is 8. The van der Waals surface area contributed by atoms with Gasteiger partial charge in [-0.25, -0.2) is 4.79 Å². The van der Waals surface area contributed by atoms with E-state index in [9.17, 15) is 29.1 Å². The molecule has 0 aliphatic rings. The first-order chi connectivity index (χ1) is 18.1. The Morgan fingerprint density at radius 3 is 2.24 bits per heavy atom. The van der Waals surface area contributed by atoms with Crippen LogP contribution < -0.4 is 21.7 Å². The number of para-hydroxylation sites is 1. The van der Waals surface area contributed by atoms with E-state index in [2.05, 4.69) is 33.6 Å². The Bertz CT molecular complexity index is 1140. The van der Waals surface area contributed by atoms with Gasteiger partial charge in [0.1, 0.15) is 18.1 Å². The van der Waals surface area contributed by atoms with E-state index >= 15 is 0 Å². The molecule has 0 bridgehead atoms. The summed E-state index contributed by atoms with van der Waals surface area (Å²) >= 11 is 5.42. The third-order valence-electron chi connectivity index (χ3n) is 5.78. The lowest BCUT2D eigenvalue weighted by Gasteiger charge is -2.25. The summed E-state index contributed by atoms with van der Waals surface area (Å²) in [6, 6.07) is 2.76. The van der Waals surface area contributed by atoms with Gasteiger partial charge in [-0.1, -0.05) is 18.2 Å². The van der Waals surface area contributed by atoms with Crippen molar-refractivity contribution >= 4 is 65.0 Å². The highest BCUT2D eigenvalue weighted by atomic mass is 32.2. The molecule has 3 amide bonds. The zero-order chi connectivity index (χ0) is 28.2. The van der Waals surface area contributed by atoms with Crippen LogP contribution in [0.2, 0.25) is 0 Å². The van der Waals surface area contributed by atoms with E-state index in [0.29, 0.717) is 5.75 Å². The topological polar surface area (TPSA) is 204 Å². The van der Waals surface area contributed by atoms with Crippen molar-refractivity contribution in [2.45, 2.75) is 49.9 Å². The predicted octanol–water partition coefficient (Wildman–Crippen LogP) is 0.124. The standard InChI is InChI=1S/C24H33N5O7S2/c1-38-9-8-17(27-21(32)15(25)6-7-20(30)31)22(33)28-18(23(34)29-19(12-37)24(35)36)10-13-11-26-16-5-3-2-4-14(13)16/h2-5,11,15,17-19,26,37H,6-10,12,25H2,1H3,(H,27,32)(H,28,33)(H,29,34)(H,30,31)(H,35,36). The molecule has 14 heteroatoms. The summed E-state index contributed by atoms with van der Waals surface area (Å²) in [6.07, 6.45) is 3.38. The van der Waals surface area contributed by atoms with Crippen molar-refractivity contribution in [2.75, 3.05) is 17.8 Å². The number of thiol groups is 1. The Morgan fingerprint density at radius 1 is 0.974 bits per heavy atom. The highest BCUT2D eigenvalue weighted by Crippen LogP contribution is 2.19. The number of aromatic nitrogens is 1. The first-order valence-corrected chi connectivity index (χ1v) is 13.9. The number of carbonyl (C=O) groups is 5. The number of amides is 3. The summed E-state index contributed by atoms with van der Waals surface area (Å²) in [5.41, 5.74) is 7.34. The molecular formula is C24H33N5O7S2. The monoisotopic (exact) mass is 567 g/mol. The fourth-order valence-corrected chi connectivity index (χ4v) is 4.37. The summed E-state index contributed by atoms with van der Waals surface area (Å²) in [7, 11) is 0. The number of H-pyrrole nitrogens is 1. The van der Waals surface area contributed by atoms with E-state index in [0.717, 1.165) is 16.5 Å². The van der Waals surface area contributed by atoms with Gasteiger partial charge in [-0.2, -0.15) is 24.4 Å². The number of nitrogens with two attached hydrogens (primary N) is 1. The van der Waals surface area contributed by atoms with Gasteiger partial charge < -0.3 is 36.9 Å². The summed E-state index contributed by atoms with van der Waals surface area (Å²) < 4.78 is 0. The highest BCUT2D eigenvalue weighted by molar-refractivity contribution is 7.98. The molecule has 0 aliphatic carbocycles. The minimum absolute atomic E-state index is 0.0435. The molecule has 0 aliphatic heterocycles. The summed E-state index contributed by atoms with van der Waals surface area (Å²) in [6.45, 7) is 0. The molecule has 0 fully saturated rings. The maximum absolute atomic E-state index is 13.3. The molecule has 0 spiro atoms. The van der Waals surface area contributed by atoms with Crippen LogP contribution in [0.25, 0.3) is 10.9 Å². The minimum Gasteiger partial charge on any atom is -0.481 e. The average molecular weight is 568 g/mol. The molecule has 12 nitrogen and oxygen atoms in total. The quantitative estimate of drug-likeness (QED) is 0.130. The summed E-state index contributed by atoms with van der Waals surface area (Å²) in [4.78, 5) is 64.3. The van der Waals surface area contributed by atoms with Crippen molar-refractivity contribution in [1.82, 2.24) is 20.9 Å². The SMILES string of the molecule is CSCCC(NC(=O)C(N)CCC(=O)O)C(=O)NC(Cc1c[nH]c2ccccc12)C(=O)NC(CS)C(=O)O. The molecule has 2 rings (SSSR count). The van der Waals surface area contributed by atoms with Gasteiger partial charge in [0.25, 0.3) is 0 Å². The lowest BCUT2D eigenvalue weighted by molar-refractivity contribution is -0.141. The van der Waals surface area contributed by atoms with Crippen LogP contribution in [0.5, 0.6) is 0 Å². The molecule has 4 unspecified atom stereocenters. The van der Waals surface area contributed by atoms with E-state index in [1.54, 1.807) is 6.20 Å². The number of fused-ring (bicyclic) bond motifs is 1. The third kappa shape index (κ3) is 9.26. The van der Waals surface area contributed by atoms with E-state index in [-0.39, 0.29) is 31.4 Å². The van der Waals surface area contributed by atoms with Crippen LogP contribution in [-0.4, -0.2) is 86.8 Å². The van der Waals surface area contributed by atoms with Crippen LogP contribution in [-0.2, 0) is 30.4 Å². The molecule has 2 aromatic rings. The van der Waals surface area contributed by atoms with Crippen molar-refractivity contribution in [2.24, 2.45) is 5.73 Å². The Balaban J connectivity index is 2.25. The second-order valence-electron chi connectivity index (χ2n) is 8.59. The molecule has 1 aromatic heterocycles. The average Bonchev–Trinajstić information content (AvgIpc) is 3.29.